The van der Waals surface area contributed by atoms with Crippen LogP contribution in [-0.4, -0.2) is 45.9 Å². The van der Waals surface area contributed by atoms with Crippen molar-refractivity contribution in [2.75, 3.05) is 19.6 Å². The standard InChI is InChI=1S/C23H32N4O2/c28-21(12-11-20-22(29)26-19-10-4-3-9-18(19)25-20)24-17-23(13-5-1-6-14-23)27-15-7-2-8-16-27/h3-4,9-10H,1-2,5-8,11-17H2,(H,24,28)(H,26,29). The normalized spacial score (nSPS) is 19.9. The molecule has 2 aliphatic rings. The van der Waals surface area contributed by atoms with Gasteiger partial charge in [0.1, 0.15) is 5.69 Å². The molecule has 6 heteroatoms. The van der Waals surface area contributed by atoms with Crippen molar-refractivity contribution in [3.8, 4) is 0 Å². The van der Waals surface area contributed by atoms with Crippen LogP contribution in [0.1, 0.15) is 63.5 Å². The molecule has 1 aliphatic heterocycles. The van der Waals surface area contributed by atoms with Gasteiger partial charge in [-0.1, -0.05) is 37.8 Å². The van der Waals surface area contributed by atoms with E-state index < -0.39 is 0 Å². The molecular formula is C23H32N4O2. The highest BCUT2D eigenvalue weighted by molar-refractivity contribution is 5.76. The van der Waals surface area contributed by atoms with Gasteiger partial charge in [0, 0.05) is 24.9 Å². The lowest BCUT2D eigenvalue weighted by Crippen LogP contribution is -2.58. The van der Waals surface area contributed by atoms with E-state index in [1.165, 1.54) is 51.4 Å². The Morgan fingerprint density at radius 1 is 1.07 bits per heavy atom. The van der Waals surface area contributed by atoms with Crippen LogP contribution in [0.5, 0.6) is 0 Å². The molecule has 2 aromatic rings. The monoisotopic (exact) mass is 396 g/mol. The summed E-state index contributed by atoms with van der Waals surface area (Å²) >= 11 is 0. The summed E-state index contributed by atoms with van der Waals surface area (Å²) < 4.78 is 0. The predicted octanol–water partition coefficient (Wildman–Crippen LogP) is 3.16. The van der Waals surface area contributed by atoms with Crippen LogP contribution < -0.4 is 10.9 Å². The fourth-order valence-corrected chi connectivity index (χ4v) is 5.00. The maximum atomic E-state index is 12.6. The average molecular weight is 397 g/mol. The molecule has 2 N–H and O–H groups in total. The van der Waals surface area contributed by atoms with Crippen molar-refractivity contribution < 1.29 is 4.79 Å². The zero-order valence-electron chi connectivity index (χ0n) is 17.2. The SMILES string of the molecule is O=C(CCc1nc2ccccc2[nH]c1=O)NCC1(N2CCCCC2)CCCCC1. The highest BCUT2D eigenvalue weighted by Crippen LogP contribution is 2.35. The first-order chi connectivity index (χ1) is 14.2. The van der Waals surface area contributed by atoms with Crippen LogP contribution in [-0.2, 0) is 11.2 Å². The van der Waals surface area contributed by atoms with E-state index in [9.17, 15) is 9.59 Å². The molecule has 6 nitrogen and oxygen atoms in total. The van der Waals surface area contributed by atoms with E-state index in [1.807, 2.05) is 24.3 Å². The summed E-state index contributed by atoms with van der Waals surface area (Å²) in [5.74, 6) is 0.0151. The molecule has 1 aromatic heterocycles. The molecule has 0 bridgehead atoms. The van der Waals surface area contributed by atoms with Crippen LogP contribution >= 0.6 is 0 Å². The van der Waals surface area contributed by atoms with Gasteiger partial charge in [-0.3, -0.25) is 14.5 Å². The summed E-state index contributed by atoms with van der Waals surface area (Å²) in [6, 6.07) is 7.48. The summed E-state index contributed by atoms with van der Waals surface area (Å²) in [5, 5.41) is 3.20. The van der Waals surface area contributed by atoms with Crippen molar-refractivity contribution in [1.82, 2.24) is 20.2 Å². The summed E-state index contributed by atoms with van der Waals surface area (Å²) in [7, 11) is 0. The molecule has 2 fully saturated rings. The van der Waals surface area contributed by atoms with Crippen LogP contribution in [0.3, 0.4) is 0 Å². The Bertz CT molecular complexity index is 895. The Morgan fingerprint density at radius 2 is 1.79 bits per heavy atom. The minimum absolute atomic E-state index is 0.0151. The summed E-state index contributed by atoms with van der Waals surface area (Å²) in [5.41, 5.74) is 1.85. The second kappa shape index (κ2) is 9.08. The van der Waals surface area contributed by atoms with Crippen LogP contribution in [0.2, 0.25) is 0 Å². The van der Waals surface area contributed by atoms with Crippen LogP contribution in [0.15, 0.2) is 29.1 Å². The van der Waals surface area contributed by atoms with Gasteiger partial charge in [-0.15, -0.1) is 0 Å². The number of nitrogens with zero attached hydrogens (tertiary/aromatic N) is 2. The molecule has 0 atom stereocenters. The molecule has 0 radical (unpaired) electrons. The number of carbonyl (C=O) groups excluding carboxylic acids is 1. The van der Waals surface area contributed by atoms with Gasteiger partial charge < -0.3 is 10.3 Å². The van der Waals surface area contributed by atoms with Crippen LogP contribution in [0.25, 0.3) is 11.0 Å². The van der Waals surface area contributed by atoms with E-state index in [1.54, 1.807) is 0 Å². The number of hydrogen-bond donors (Lipinski definition) is 2. The third kappa shape index (κ3) is 4.69. The average Bonchev–Trinajstić information content (AvgIpc) is 2.77. The zero-order chi connectivity index (χ0) is 20.1. The van der Waals surface area contributed by atoms with Crippen molar-refractivity contribution in [3.63, 3.8) is 0 Å². The Labute approximate surface area is 172 Å². The van der Waals surface area contributed by atoms with E-state index in [-0.39, 0.29) is 17.0 Å². The van der Waals surface area contributed by atoms with Gasteiger partial charge in [0.25, 0.3) is 5.56 Å². The smallest absolute Gasteiger partial charge is 0.270 e. The van der Waals surface area contributed by atoms with E-state index in [0.717, 1.165) is 30.7 Å². The quantitative estimate of drug-likeness (QED) is 0.786. The lowest BCUT2D eigenvalue weighted by atomic mass is 9.79. The van der Waals surface area contributed by atoms with Gasteiger partial charge in [0.05, 0.1) is 11.0 Å². The van der Waals surface area contributed by atoms with E-state index in [0.29, 0.717) is 18.5 Å². The van der Waals surface area contributed by atoms with Crippen molar-refractivity contribution >= 4 is 16.9 Å². The number of likely N-dealkylation sites (tertiary alicyclic amines) is 1. The summed E-state index contributed by atoms with van der Waals surface area (Å²) in [6.07, 6.45) is 10.7. The molecule has 1 saturated carbocycles. The molecule has 0 unspecified atom stereocenters. The number of piperidine rings is 1. The van der Waals surface area contributed by atoms with Gasteiger partial charge in [0.2, 0.25) is 5.91 Å². The van der Waals surface area contributed by atoms with Crippen molar-refractivity contribution in [3.05, 3.63) is 40.3 Å². The van der Waals surface area contributed by atoms with Gasteiger partial charge in [-0.25, -0.2) is 4.98 Å². The minimum Gasteiger partial charge on any atom is -0.354 e. The third-order valence-electron chi connectivity index (χ3n) is 6.68. The Kier molecular flexibility index (Phi) is 6.28. The number of fused-ring (bicyclic) bond motifs is 1. The second-order valence-corrected chi connectivity index (χ2v) is 8.64. The Morgan fingerprint density at radius 3 is 2.59 bits per heavy atom. The first-order valence-electron chi connectivity index (χ1n) is 11.2. The van der Waals surface area contributed by atoms with Gasteiger partial charge in [-0.05, 0) is 50.9 Å². The number of carbonyl (C=O) groups is 1. The molecule has 1 amide bonds. The fraction of sp³-hybridized carbons (Fsp3) is 0.609. The van der Waals surface area contributed by atoms with Crippen molar-refractivity contribution in [1.29, 1.82) is 0 Å². The number of aromatic amines is 1. The highest BCUT2D eigenvalue weighted by atomic mass is 16.1. The number of aromatic nitrogens is 2. The second-order valence-electron chi connectivity index (χ2n) is 8.64. The van der Waals surface area contributed by atoms with Crippen LogP contribution in [0.4, 0.5) is 0 Å². The zero-order valence-corrected chi connectivity index (χ0v) is 17.2. The number of nitrogens with one attached hydrogen (secondary N) is 2. The molecule has 1 aliphatic carbocycles. The maximum absolute atomic E-state index is 12.6. The molecule has 4 rings (SSSR count). The number of benzene rings is 1. The Balaban J connectivity index is 1.36. The number of aryl methyl sites for hydroxylation is 1. The Hall–Kier alpha value is -2.21. The van der Waals surface area contributed by atoms with Crippen LogP contribution in [0, 0.1) is 0 Å². The summed E-state index contributed by atoms with van der Waals surface area (Å²) in [6.45, 7) is 3.05. The molecule has 0 spiro atoms. The number of para-hydroxylation sites is 2. The molecule has 156 valence electrons. The number of amides is 1. The number of hydrogen-bond acceptors (Lipinski definition) is 4. The predicted molar refractivity (Wildman–Crippen MR) is 115 cm³/mol. The number of rotatable bonds is 6. The van der Waals surface area contributed by atoms with Gasteiger partial charge in [-0.2, -0.15) is 0 Å². The molecule has 1 saturated heterocycles. The first kappa shape index (κ1) is 20.1. The largest absolute Gasteiger partial charge is 0.354 e. The molecule has 1 aromatic carbocycles. The highest BCUT2D eigenvalue weighted by Gasteiger charge is 2.38. The van der Waals surface area contributed by atoms with Crippen molar-refractivity contribution in [2.24, 2.45) is 0 Å². The molecule has 2 heterocycles. The van der Waals surface area contributed by atoms with Crippen molar-refractivity contribution in [2.45, 2.75) is 69.7 Å². The topological polar surface area (TPSA) is 78.1 Å². The van der Waals surface area contributed by atoms with Gasteiger partial charge >= 0.3 is 0 Å². The molecule has 29 heavy (non-hydrogen) atoms. The van der Waals surface area contributed by atoms with E-state index in [2.05, 4.69) is 20.2 Å². The van der Waals surface area contributed by atoms with E-state index >= 15 is 0 Å². The lowest BCUT2D eigenvalue weighted by Gasteiger charge is -2.48. The summed E-state index contributed by atoms with van der Waals surface area (Å²) in [4.78, 5) is 34.8. The first-order valence-corrected chi connectivity index (χ1v) is 11.2. The third-order valence-corrected chi connectivity index (χ3v) is 6.68. The molecular weight excluding hydrogens is 364 g/mol. The number of H-pyrrole nitrogens is 1. The van der Waals surface area contributed by atoms with Gasteiger partial charge in [0.15, 0.2) is 0 Å². The minimum atomic E-state index is -0.200. The maximum Gasteiger partial charge on any atom is 0.270 e. The van der Waals surface area contributed by atoms with E-state index in [4.69, 9.17) is 0 Å². The fourth-order valence-electron chi connectivity index (χ4n) is 5.00. The lowest BCUT2D eigenvalue weighted by molar-refractivity contribution is -0.122.